The van der Waals surface area contributed by atoms with Gasteiger partial charge in [0.25, 0.3) is 0 Å². The molecule has 0 radical (unpaired) electrons. The van der Waals surface area contributed by atoms with Crippen molar-refractivity contribution in [3.05, 3.63) is 308 Å². The Hall–Kier alpha value is -5.62. The molecule has 3 aromatic heterocycles. The van der Waals surface area contributed by atoms with Crippen LogP contribution in [0.25, 0.3) is 0 Å². The SMILES string of the molecule is C/C(=N\Nc1ccc(Cl)nn1)c1[c-]cc(C)c(C)c1.C/C(=N\Nc1ccc(Cl)nn1)c1[c-]cc(C)c(C)c1.C/C(=N\Nc1ccc(Cl)nn1)c1[c-]cc(C)c(C)c1.O.O.O.[Cl-].[Cl-].[Cl-].[Pt+2].[Pt+2].[Pt+2].c1ccc(P(CCP(c2ccccc2)c2ccccc2)CCP(c2ccccc2)c2ccccc2)cc1. The van der Waals surface area contributed by atoms with Gasteiger partial charge in [-0.25, -0.2) is 15.3 Å². The largest absolute Gasteiger partial charge is 2.00 e. The van der Waals surface area contributed by atoms with E-state index in [1.54, 1.807) is 41.7 Å². The summed E-state index contributed by atoms with van der Waals surface area (Å²) in [5.74, 6) is 1.65. The third-order valence-electron chi connectivity index (χ3n) is 14.9. The van der Waals surface area contributed by atoms with Gasteiger partial charge >= 0.3 is 63.2 Å². The fourth-order valence-corrected chi connectivity index (χ4v) is 18.0. The van der Waals surface area contributed by atoms with Crippen LogP contribution in [0, 0.1) is 59.7 Å². The smallest absolute Gasteiger partial charge is 1.00 e. The van der Waals surface area contributed by atoms with Crippen LogP contribution < -0.4 is 80.0 Å². The Bertz CT molecular complexity index is 3820. The Morgan fingerprint density at radius 1 is 0.330 bits per heavy atom. The second-order valence-corrected chi connectivity index (χ2v) is 30.1. The van der Waals surface area contributed by atoms with Crippen LogP contribution in [0.5, 0.6) is 0 Å². The number of benzene rings is 8. The predicted octanol–water partition coefficient (Wildman–Crippen LogP) is 5.74. The summed E-state index contributed by atoms with van der Waals surface area (Å²) in [5.41, 5.74) is 21.2. The Labute approximate surface area is 687 Å². The van der Waals surface area contributed by atoms with Gasteiger partial charge in [-0.1, -0.05) is 257 Å². The Kier molecular flexibility index (Phi) is 51.4. The first-order valence-corrected chi connectivity index (χ1v) is 36.4. The molecule has 3 heterocycles. The second kappa shape index (κ2) is 53.2. The van der Waals surface area contributed by atoms with Crippen LogP contribution in [0.3, 0.4) is 0 Å². The average Bonchev–Trinajstić information content (AvgIpc) is 0.849. The number of hydrazone groups is 3. The molecule has 0 atom stereocenters. The molecule has 11 rings (SSSR count). The van der Waals surface area contributed by atoms with Crippen LogP contribution in [0.2, 0.25) is 15.5 Å². The van der Waals surface area contributed by atoms with Crippen LogP contribution in [0.1, 0.15) is 70.8 Å². The zero-order valence-corrected chi connectivity index (χ0v) is 71.8. The molecule has 103 heavy (non-hydrogen) atoms. The maximum atomic E-state index is 5.66. The van der Waals surface area contributed by atoms with Gasteiger partial charge in [0.15, 0.2) is 32.9 Å². The molecule has 0 spiro atoms. The van der Waals surface area contributed by atoms with E-state index < -0.39 is 0 Å². The number of hydrogen-bond donors (Lipinski definition) is 3. The number of hydrogen-bond acceptors (Lipinski definition) is 12. The minimum atomic E-state index is -0.366. The molecule has 0 fully saturated rings. The predicted molar refractivity (Wildman–Crippen MR) is 414 cm³/mol. The third kappa shape index (κ3) is 33.4. The number of aromatic nitrogens is 6. The molecule has 0 unspecified atom stereocenters. The first kappa shape index (κ1) is 99.4. The van der Waals surface area contributed by atoms with Gasteiger partial charge in [-0.05, 0) is 121 Å². The van der Waals surface area contributed by atoms with Gasteiger partial charge in [-0.15, -0.1) is 135 Å². The van der Waals surface area contributed by atoms with Crippen molar-refractivity contribution in [1.82, 2.24) is 30.6 Å². The van der Waals surface area contributed by atoms with E-state index in [1.807, 2.05) is 39.0 Å². The fourth-order valence-electron chi connectivity index (χ4n) is 9.07. The summed E-state index contributed by atoms with van der Waals surface area (Å²) in [4.78, 5) is 0. The van der Waals surface area contributed by atoms with E-state index in [-0.39, 0.29) is 141 Å². The molecule has 15 nitrogen and oxygen atoms in total. The van der Waals surface area contributed by atoms with Crippen LogP contribution in [-0.4, -0.2) is 88.8 Å². The quantitative estimate of drug-likeness (QED) is 0.0364. The first-order valence-electron chi connectivity index (χ1n) is 30.5. The number of nitrogens with zero attached hydrogens (tertiary/aromatic N) is 9. The van der Waals surface area contributed by atoms with E-state index >= 15 is 0 Å². The van der Waals surface area contributed by atoms with Crippen molar-refractivity contribution in [1.29, 1.82) is 0 Å². The monoisotopic (exact) mass is 2100 g/mol. The van der Waals surface area contributed by atoms with Gasteiger partial charge in [0.2, 0.25) is 0 Å². The van der Waals surface area contributed by atoms with Crippen molar-refractivity contribution in [3.8, 4) is 0 Å². The number of anilines is 3. The summed E-state index contributed by atoms with van der Waals surface area (Å²) in [5, 5.41) is 44.1. The summed E-state index contributed by atoms with van der Waals surface area (Å²) in [6, 6.07) is 87.8. The topological polar surface area (TPSA) is 245 Å². The summed E-state index contributed by atoms with van der Waals surface area (Å²) in [7, 11) is -0.982. The average molecular weight is 2100 g/mol. The molecule has 27 heteroatoms. The van der Waals surface area contributed by atoms with Gasteiger partial charge in [0, 0.05) is 0 Å². The summed E-state index contributed by atoms with van der Waals surface area (Å²) >= 11 is 17.0. The molecule has 8 aromatic carbocycles. The third-order valence-corrected chi connectivity index (χ3v) is 23.8. The van der Waals surface area contributed by atoms with Crippen LogP contribution >= 0.6 is 58.6 Å². The molecular formula is C76H81Cl6N12O3P3Pt3. The van der Waals surface area contributed by atoms with Crippen molar-refractivity contribution in [2.45, 2.75) is 62.3 Å². The molecule has 0 bridgehead atoms. The van der Waals surface area contributed by atoms with Crippen molar-refractivity contribution in [2.75, 3.05) is 40.9 Å². The molecule has 0 amide bonds. The number of rotatable bonds is 20. The number of nitrogens with one attached hydrogen (secondary N) is 3. The van der Waals surface area contributed by atoms with Crippen molar-refractivity contribution >= 4 is 120 Å². The van der Waals surface area contributed by atoms with E-state index in [2.05, 4.69) is 292 Å². The second-order valence-electron chi connectivity index (χ2n) is 21.8. The minimum absolute atomic E-state index is 0. The first-order chi connectivity index (χ1) is 45.6. The van der Waals surface area contributed by atoms with Crippen molar-refractivity contribution in [3.63, 3.8) is 0 Å². The zero-order valence-electron chi connectivity index (χ0n) is 57.8. The van der Waals surface area contributed by atoms with Crippen molar-refractivity contribution < 1.29 is 117 Å². The van der Waals surface area contributed by atoms with Crippen molar-refractivity contribution in [2.24, 2.45) is 15.3 Å². The maximum Gasteiger partial charge on any atom is 2.00 e. The molecule has 0 saturated heterocycles. The van der Waals surface area contributed by atoms with E-state index in [1.165, 1.54) is 79.2 Å². The van der Waals surface area contributed by atoms with Gasteiger partial charge in [-0.3, -0.25) is 16.3 Å². The summed E-state index contributed by atoms with van der Waals surface area (Å²) in [6.07, 6.45) is 5.00. The Balaban J connectivity index is 0. The van der Waals surface area contributed by atoms with E-state index in [0.717, 1.165) is 33.8 Å². The van der Waals surface area contributed by atoms with Gasteiger partial charge in [0.05, 0.1) is 0 Å². The molecule has 550 valence electrons. The van der Waals surface area contributed by atoms with Gasteiger partial charge in [-0.2, -0.15) is 0 Å². The Morgan fingerprint density at radius 3 is 0.777 bits per heavy atom. The molecular weight excluding hydrogens is 2020 g/mol. The normalized spacial score (nSPS) is 10.4. The molecule has 11 aromatic rings. The molecule has 0 aliphatic heterocycles. The fraction of sp³-hybridized carbons (Fsp3) is 0.171. The Morgan fingerprint density at radius 2 is 0.563 bits per heavy atom. The molecule has 0 aliphatic carbocycles. The minimum Gasteiger partial charge on any atom is -1.00 e. The van der Waals surface area contributed by atoms with Gasteiger partial charge in [0.1, 0.15) is 0 Å². The van der Waals surface area contributed by atoms with Crippen LogP contribution in [-0.2, 0) is 63.2 Å². The van der Waals surface area contributed by atoms with E-state index in [4.69, 9.17) is 34.8 Å². The van der Waals surface area contributed by atoms with Gasteiger partial charge < -0.3 is 53.6 Å². The zero-order chi connectivity index (χ0) is 66.6. The number of aryl methyl sites for hydroxylation is 6. The van der Waals surface area contributed by atoms with E-state index in [9.17, 15) is 0 Å². The van der Waals surface area contributed by atoms with E-state index in [0.29, 0.717) is 32.9 Å². The van der Waals surface area contributed by atoms with Crippen LogP contribution in [0.4, 0.5) is 17.5 Å². The molecule has 0 aliphatic rings. The standard InChI is InChI=1S/C34H33P3.3C14H14ClN4.3ClH.3H2O.3Pt/c1-6-16-30(17-7-1)35(26-28-36(31-18-8-2-9-19-31)32-20-10-3-11-21-32)27-29-37(33-22-12-4-13-23-33)34-24-14-5-15-25-34;3*1-9-4-5-12(8-10(9)2)11(3)16-18-14-7-6-13(15)17-19-14;;;;;;;;;/h1-25H,26-29H2;3*4,6-8H,1-3H3,(H,18,19);3*1H;3*1H2;;;/q;3*-1;;;;;;;3*+2/p-3/b;3*16-11+;;;;;;;;;. The van der Waals surface area contributed by atoms with Crippen LogP contribution in [0.15, 0.2) is 240 Å². The maximum absolute atomic E-state index is 5.66. The number of halogens is 6. The summed E-state index contributed by atoms with van der Waals surface area (Å²) < 4.78 is 0. The summed E-state index contributed by atoms with van der Waals surface area (Å²) in [6.45, 7) is 18.1. The molecule has 0 saturated carbocycles. The molecule has 9 N–H and O–H groups in total.